The summed E-state index contributed by atoms with van der Waals surface area (Å²) in [6.45, 7) is 2.10. The molecule has 0 amide bonds. The van der Waals surface area contributed by atoms with Crippen molar-refractivity contribution in [2.24, 2.45) is 11.8 Å². The lowest BCUT2D eigenvalue weighted by Crippen LogP contribution is -2.23. The van der Waals surface area contributed by atoms with E-state index in [1.807, 2.05) is 0 Å². The molecule has 1 aliphatic carbocycles. The SMILES string of the molecule is CCCCCC(O)C=CC1CCC(=O)C1C(=O)O. The number of allylic oxidation sites excluding steroid dienone is 1. The topological polar surface area (TPSA) is 74.6 Å². The first-order valence-corrected chi connectivity index (χ1v) is 6.68. The molecule has 1 fully saturated rings. The lowest BCUT2D eigenvalue weighted by Gasteiger charge is -2.11. The number of aliphatic hydroxyl groups is 1. The van der Waals surface area contributed by atoms with Crippen LogP contribution in [0.15, 0.2) is 12.2 Å². The second kappa shape index (κ2) is 7.31. The van der Waals surface area contributed by atoms with E-state index in [0.717, 1.165) is 19.3 Å². The second-order valence-corrected chi connectivity index (χ2v) is 4.93. The van der Waals surface area contributed by atoms with Crippen LogP contribution in [-0.4, -0.2) is 28.1 Å². The lowest BCUT2D eigenvalue weighted by molar-refractivity contribution is -0.145. The number of aliphatic hydroxyl groups excluding tert-OH is 1. The van der Waals surface area contributed by atoms with E-state index in [1.165, 1.54) is 0 Å². The number of aliphatic carboxylic acids is 1. The predicted molar refractivity (Wildman–Crippen MR) is 68.1 cm³/mol. The van der Waals surface area contributed by atoms with E-state index in [1.54, 1.807) is 12.2 Å². The van der Waals surface area contributed by atoms with Gasteiger partial charge in [-0.3, -0.25) is 9.59 Å². The van der Waals surface area contributed by atoms with Crippen molar-refractivity contribution in [3.8, 4) is 0 Å². The first-order chi connectivity index (χ1) is 8.56. The third-order valence-electron chi connectivity index (χ3n) is 3.45. The van der Waals surface area contributed by atoms with Gasteiger partial charge in [0.15, 0.2) is 0 Å². The van der Waals surface area contributed by atoms with Crippen LogP contribution in [0.2, 0.25) is 0 Å². The fraction of sp³-hybridized carbons (Fsp3) is 0.714. The summed E-state index contributed by atoms with van der Waals surface area (Å²) < 4.78 is 0. The molecule has 3 unspecified atom stereocenters. The maximum absolute atomic E-state index is 11.4. The summed E-state index contributed by atoms with van der Waals surface area (Å²) in [5.74, 6) is -2.41. The molecule has 1 rings (SSSR count). The van der Waals surface area contributed by atoms with Gasteiger partial charge in [0, 0.05) is 6.42 Å². The molecule has 0 radical (unpaired) electrons. The van der Waals surface area contributed by atoms with Crippen molar-refractivity contribution in [1.82, 2.24) is 0 Å². The van der Waals surface area contributed by atoms with Crippen molar-refractivity contribution >= 4 is 11.8 Å². The Labute approximate surface area is 108 Å². The zero-order chi connectivity index (χ0) is 13.5. The summed E-state index contributed by atoms with van der Waals surface area (Å²) in [5, 5.41) is 18.7. The Bertz CT molecular complexity index is 322. The van der Waals surface area contributed by atoms with E-state index in [9.17, 15) is 14.7 Å². The summed E-state index contributed by atoms with van der Waals surface area (Å²) in [6, 6.07) is 0. The maximum Gasteiger partial charge on any atom is 0.314 e. The van der Waals surface area contributed by atoms with Crippen LogP contribution in [0.3, 0.4) is 0 Å². The van der Waals surface area contributed by atoms with E-state index in [0.29, 0.717) is 19.3 Å². The summed E-state index contributed by atoms with van der Waals surface area (Å²) >= 11 is 0. The average molecular weight is 254 g/mol. The maximum atomic E-state index is 11.4. The van der Waals surface area contributed by atoms with Gasteiger partial charge in [0.1, 0.15) is 11.7 Å². The Morgan fingerprint density at radius 2 is 2.22 bits per heavy atom. The molecule has 0 aromatic carbocycles. The molecule has 0 spiro atoms. The number of carbonyl (C=O) groups is 2. The van der Waals surface area contributed by atoms with Gasteiger partial charge in [0.2, 0.25) is 0 Å². The van der Waals surface area contributed by atoms with Crippen molar-refractivity contribution in [2.45, 2.75) is 51.6 Å². The Kier molecular flexibility index (Phi) is 6.05. The van der Waals surface area contributed by atoms with Crippen molar-refractivity contribution in [1.29, 1.82) is 0 Å². The molecule has 4 nitrogen and oxygen atoms in total. The van der Waals surface area contributed by atoms with Crippen molar-refractivity contribution in [2.75, 3.05) is 0 Å². The summed E-state index contributed by atoms with van der Waals surface area (Å²) in [5.41, 5.74) is 0. The van der Waals surface area contributed by atoms with Crippen LogP contribution in [0, 0.1) is 11.8 Å². The van der Waals surface area contributed by atoms with Gasteiger partial charge in [-0.05, 0) is 18.8 Å². The highest BCUT2D eigenvalue weighted by molar-refractivity contribution is 6.00. The smallest absolute Gasteiger partial charge is 0.314 e. The van der Waals surface area contributed by atoms with Crippen LogP contribution < -0.4 is 0 Å². The standard InChI is InChI=1S/C14H22O4/c1-2-3-4-5-11(15)8-6-10-7-9-12(16)13(10)14(17)18/h6,8,10-11,13,15H,2-5,7,9H2,1H3,(H,17,18). The number of carboxylic acid groups (broad SMARTS) is 1. The number of hydrogen-bond donors (Lipinski definition) is 2. The molecular weight excluding hydrogens is 232 g/mol. The normalized spacial score (nSPS) is 25.8. The fourth-order valence-electron chi connectivity index (χ4n) is 2.37. The quantitative estimate of drug-likeness (QED) is 0.415. The number of unbranched alkanes of at least 4 members (excludes halogenated alkanes) is 2. The van der Waals surface area contributed by atoms with Gasteiger partial charge in [0.25, 0.3) is 0 Å². The highest BCUT2D eigenvalue weighted by Gasteiger charge is 2.38. The summed E-state index contributed by atoms with van der Waals surface area (Å²) in [7, 11) is 0. The fourth-order valence-corrected chi connectivity index (χ4v) is 2.37. The molecule has 1 aliphatic rings. The molecule has 18 heavy (non-hydrogen) atoms. The van der Waals surface area contributed by atoms with E-state index >= 15 is 0 Å². The minimum Gasteiger partial charge on any atom is -0.481 e. The molecule has 3 atom stereocenters. The van der Waals surface area contributed by atoms with Crippen LogP contribution in [-0.2, 0) is 9.59 Å². The molecule has 0 aliphatic heterocycles. The molecule has 0 aromatic rings. The largest absolute Gasteiger partial charge is 0.481 e. The Morgan fingerprint density at radius 1 is 1.50 bits per heavy atom. The molecule has 0 bridgehead atoms. The van der Waals surface area contributed by atoms with Gasteiger partial charge in [-0.1, -0.05) is 38.3 Å². The monoisotopic (exact) mass is 254 g/mol. The van der Waals surface area contributed by atoms with Crippen molar-refractivity contribution < 1.29 is 19.8 Å². The average Bonchev–Trinajstić information content (AvgIpc) is 2.68. The minimum atomic E-state index is -1.05. The molecule has 0 aromatic heterocycles. The molecule has 0 heterocycles. The number of ketones is 1. The van der Waals surface area contributed by atoms with Crippen molar-refractivity contribution in [3.05, 3.63) is 12.2 Å². The molecule has 102 valence electrons. The molecule has 0 saturated heterocycles. The van der Waals surface area contributed by atoms with E-state index in [4.69, 9.17) is 5.11 Å². The van der Waals surface area contributed by atoms with Crippen LogP contribution >= 0.6 is 0 Å². The van der Waals surface area contributed by atoms with Gasteiger partial charge in [-0.25, -0.2) is 0 Å². The number of hydrogen-bond acceptors (Lipinski definition) is 3. The van der Waals surface area contributed by atoms with Gasteiger partial charge in [0.05, 0.1) is 6.10 Å². The third kappa shape index (κ3) is 4.26. The number of carboxylic acids is 1. The highest BCUT2D eigenvalue weighted by Crippen LogP contribution is 2.30. The van der Waals surface area contributed by atoms with Gasteiger partial charge in [-0.2, -0.15) is 0 Å². The molecule has 1 saturated carbocycles. The van der Waals surface area contributed by atoms with E-state index in [2.05, 4.69) is 6.92 Å². The lowest BCUT2D eigenvalue weighted by atomic mass is 9.94. The first kappa shape index (κ1) is 14.9. The second-order valence-electron chi connectivity index (χ2n) is 4.93. The molecular formula is C14H22O4. The zero-order valence-electron chi connectivity index (χ0n) is 10.8. The summed E-state index contributed by atoms with van der Waals surface area (Å²) in [4.78, 5) is 22.4. The predicted octanol–water partition coefficient (Wildman–Crippen LogP) is 2.16. The minimum absolute atomic E-state index is 0.197. The molecule has 4 heteroatoms. The number of Topliss-reactive ketones (excluding diaryl/α,β-unsaturated/α-hetero) is 1. The van der Waals surface area contributed by atoms with Crippen LogP contribution in [0.5, 0.6) is 0 Å². The first-order valence-electron chi connectivity index (χ1n) is 6.68. The van der Waals surface area contributed by atoms with Crippen molar-refractivity contribution in [3.63, 3.8) is 0 Å². The van der Waals surface area contributed by atoms with E-state index in [-0.39, 0.29) is 11.7 Å². The van der Waals surface area contributed by atoms with Gasteiger partial charge in [-0.15, -0.1) is 0 Å². The van der Waals surface area contributed by atoms with Gasteiger partial charge >= 0.3 is 5.97 Å². The van der Waals surface area contributed by atoms with E-state index < -0.39 is 18.0 Å². The van der Waals surface area contributed by atoms with Crippen LogP contribution in [0.4, 0.5) is 0 Å². The van der Waals surface area contributed by atoms with Gasteiger partial charge < -0.3 is 10.2 Å². The Hall–Kier alpha value is -1.16. The Morgan fingerprint density at radius 3 is 2.83 bits per heavy atom. The zero-order valence-corrected chi connectivity index (χ0v) is 10.8. The Balaban J connectivity index is 2.45. The van der Waals surface area contributed by atoms with Crippen LogP contribution in [0.1, 0.15) is 45.4 Å². The molecule has 2 N–H and O–H groups in total. The van der Waals surface area contributed by atoms with Crippen LogP contribution in [0.25, 0.3) is 0 Å². The number of rotatable bonds is 7. The summed E-state index contributed by atoms with van der Waals surface area (Å²) in [6.07, 6.45) is 7.60. The third-order valence-corrected chi connectivity index (χ3v) is 3.45. The highest BCUT2D eigenvalue weighted by atomic mass is 16.4. The number of carbonyl (C=O) groups excluding carboxylic acids is 1.